The van der Waals surface area contributed by atoms with Crippen LogP contribution in [0.4, 0.5) is 0 Å². The number of aromatic nitrogens is 3. The number of fused-ring (bicyclic) bond motifs is 1. The first kappa shape index (κ1) is 14.9. The molecule has 1 aliphatic carbocycles. The summed E-state index contributed by atoms with van der Waals surface area (Å²) in [6, 6.07) is 5.97. The molecule has 1 atom stereocenters. The van der Waals surface area contributed by atoms with Gasteiger partial charge in [-0.3, -0.25) is 14.5 Å². The number of rotatable bonds is 3. The second-order valence-electron chi connectivity index (χ2n) is 6.62. The number of hydrogen-bond acceptors (Lipinski definition) is 3. The average Bonchev–Trinajstić information content (AvgIpc) is 2.89. The molecule has 2 heterocycles. The molecule has 0 amide bonds. The molecule has 0 radical (unpaired) electrons. The van der Waals surface area contributed by atoms with Gasteiger partial charge < -0.3 is 0 Å². The molecule has 0 aromatic carbocycles. The highest BCUT2D eigenvalue weighted by molar-refractivity contribution is 6.02. The molecular formula is C18H23N3O. The summed E-state index contributed by atoms with van der Waals surface area (Å²) in [5.74, 6) is 0.379. The zero-order chi connectivity index (χ0) is 15.9. The van der Waals surface area contributed by atoms with E-state index in [1.54, 1.807) is 6.20 Å². The van der Waals surface area contributed by atoms with E-state index in [1.807, 2.05) is 22.9 Å². The van der Waals surface area contributed by atoms with Crippen LogP contribution in [0.15, 0.2) is 24.4 Å². The number of nitrogens with zero attached hydrogens (tertiary/aromatic N) is 3. The third-order valence-electron chi connectivity index (χ3n) is 4.35. The molecule has 22 heavy (non-hydrogen) atoms. The largest absolute Gasteiger partial charge is 0.292 e. The molecular weight excluding hydrogens is 274 g/mol. The Bertz CT molecular complexity index is 686. The quantitative estimate of drug-likeness (QED) is 0.863. The average molecular weight is 297 g/mol. The van der Waals surface area contributed by atoms with Crippen molar-refractivity contribution in [3.8, 4) is 0 Å². The summed E-state index contributed by atoms with van der Waals surface area (Å²) >= 11 is 0. The maximum absolute atomic E-state index is 13.1. The van der Waals surface area contributed by atoms with Crippen LogP contribution in [0.3, 0.4) is 0 Å². The Morgan fingerprint density at radius 2 is 2.00 bits per heavy atom. The Balaban J connectivity index is 2.09. The van der Waals surface area contributed by atoms with Crippen LogP contribution in [0.5, 0.6) is 0 Å². The number of pyridine rings is 1. The lowest BCUT2D eigenvalue weighted by Crippen LogP contribution is -2.25. The molecule has 2 aromatic heterocycles. The van der Waals surface area contributed by atoms with E-state index in [0.717, 1.165) is 35.5 Å². The molecule has 0 bridgehead atoms. The van der Waals surface area contributed by atoms with Crippen molar-refractivity contribution in [2.24, 2.45) is 0 Å². The molecule has 0 fully saturated rings. The van der Waals surface area contributed by atoms with E-state index in [-0.39, 0.29) is 17.7 Å². The zero-order valence-electron chi connectivity index (χ0n) is 13.7. The van der Waals surface area contributed by atoms with E-state index in [1.165, 1.54) is 0 Å². The van der Waals surface area contributed by atoms with Crippen molar-refractivity contribution in [3.63, 3.8) is 0 Å². The first-order valence-electron chi connectivity index (χ1n) is 8.07. The maximum atomic E-state index is 13.1. The first-order valence-corrected chi connectivity index (χ1v) is 8.07. The van der Waals surface area contributed by atoms with Crippen LogP contribution in [0.2, 0.25) is 0 Å². The van der Waals surface area contributed by atoms with E-state index in [9.17, 15) is 4.79 Å². The monoisotopic (exact) mass is 297 g/mol. The number of hydrogen-bond donors (Lipinski definition) is 0. The summed E-state index contributed by atoms with van der Waals surface area (Å²) in [4.78, 5) is 17.5. The van der Waals surface area contributed by atoms with Crippen molar-refractivity contribution < 1.29 is 4.79 Å². The van der Waals surface area contributed by atoms with Crippen LogP contribution in [0, 0.1) is 0 Å². The predicted octanol–water partition coefficient (Wildman–Crippen LogP) is 3.90. The summed E-state index contributed by atoms with van der Waals surface area (Å²) in [5, 5.41) is 4.74. The number of ketones is 1. The Labute approximate surface area is 131 Å². The Kier molecular flexibility index (Phi) is 3.85. The summed E-state index contributed by atoms with van der Waals surface area (Å²) < 4.78 is 1.92. The van der Waals surface area contributed by atoms with Crippen LogP contribution >= 0.6 is 0 Å². The molecule has 4 nitrogen and oxygen atoms in total. The fraction of sp³-hybridized carbons (Fsp3) is 0.500. The molecule has 0 saturated heterocycles. The number of Topliss-reactive ketones (excluding diaryl/α,β-unsaturated/α-hetero) is 1. The lowest BCUT2D eigenvalue weighted by atomic mass is 9.82. The van der Waals surface area contributed by atoms with Gasteiger partial charge in [-0.15, -0.1) is 0 Å². The maximum Gasteiger partial charge on any atom is 0.190 e. The van der Waals surface area contributed by atoms with Crippen molar-refractivity contribution in [3.05, 3.63) is 47.0 Å². The lowest BCUT2D eigenvalue weighted by molar-refractivity contribution is 0.0931. The molecule has 116 valence electrons. The second kappa shape index (κ2) is 5.67. The Morgan fingerprint density at radius 3 is 2.59 bits per heavy atom. The third kappa shape index (κ3) is 2.36. The van der Waals surface area contributed by atoms with Crippen LogP contribution in [-0.4, -0.2) is 20.5 Å². The molecule has 0 saturated carbocycles. The molecule has 4 heteroatoms. The van der Waals surface area contributed by atoms with Crippen molar-refractivity contribution >= 4 is 5.78 Å². The normalized spacial score (nSPS) is 18.1. The molecule has 0 N–H and O–H groups in total. The molecule has 0 spiro atoms. The highest BCUT2D eigenvalue weighted by Gasteiger charge is 2.36. The second-order valence-corrected chi connectivity index (χ2v) is 6.62. The van der Waals surface area contributed by atoms with E-state index in [0.29, 0.717) is 5.92 Å². The topological polar surface area (TPSA) is 47.8 Å². The summed E-state index contributed by atoms with van der Waals surface area (Å²) in [6.07, 6.45) is 3.49. The van der Waals surface area contributed by atoms with Gasteiger partial charge in [0.25, 0.3) is 0 Å². The smallest absolute Gasteiger partial charge is 0.190 e. The predicted molar refractivity (Wildman–Crippen MR) is 86.3 cm³/mol. The van der Waals surface area contributed by atoms with Crippen molar-refractivity contribution in [2.75, 3.05) is 0 Å². The Hall–Kier alpha value is -1.97. The van der Waals surface area contributed by atoms with Crippen LogP contribution < -0.4 is 0 Å². The molecule has 0 aliphatic heterocycles. The van der Waals surface area contributed by atoms with Gasteiger partial charge in [-0.05, 0) is 44.7 Å². The third-order valence-corrected chi connectivity index (χ3v) is 4.35. The van der Waals surface area contributed by atoms with Gasteiger partial charge in [0.15, 0.2) is 5.78 Å². The molecule has 2 aromatic rings. The highest BCUT2D eigenvalue weighted by atomic mass is 16.1. The van der Waals surface area contributed by atoms with Gasteiger partial charge in [0.05, 0.1) is 17.3 Å². The highest BCUT2D eigenvalue weighted by Crippen LogP contribution is 2.36. The van der Waals surface area contributed by atoms with Crippen LogP contribution in [0.25, 0.3) is 0 Å². The van der Waals surface area contributed by atoms with Gasteiger partial charge in [-0.25, -0.2) is 0 Å². The SMILES string of the molecule is CC(C)c1nn(C(C)C)c2c1CCC(c1ccccn1)C2=O. The number of carbonyl (C=O) groups excluding carboxylic acids is 1. The van der Waals surface area contributed by atoms with Gasteiger partial charge in [0.1, 0.15) is 5.69 Å². The van der Waals surface area contributed by atoms with E-state index in [2.05, 4.69) is 32.7 Å². The van der Waals surface area contributed by atoms with E-state index in [4.69, 9.17) is 5.10 Å². The minimum atomic E-state index is -0.136. The molecule has 3 rings (SSSR count). The van der Waals surface area contributed by atoms with Crippen LogP contribution in [-0.2, 0) is 6.42 Å². The van der Waals surface area contributed by atoms with Gasteiger partial charge >= 0.3 is 0 Å². The first-order chi connectivity index (χ1) is 10.5. The molecule has 1 unspecified atom stereocenters. The summed E-state index contributed by atoms with van der Waals surface area (Å²) in [7, 11) is 0. The fourth-order valence-electron chi connectivity index (χ4n) is 3.28. The molecule has 1 aliphatic rings. The Morgan fingerprint density at radius 1 is 1.23 bits per heavy atom. The lowest BCUT2D eigenvalue weighted by Gasteiger charge is -2.23. The van der Waals surface area contributed by atoms with E-state index < -0.39 is 0 Å². The van der Waals surface area contributed by atoms with Crippen molar-refractivity contribution in [2.45, 2.75) is 58.4 Å². The van der Waals surface area contributed by atoms with E-state index >= 15 is 0 Å². The summed E-state index contributed by atoms with van der Waals surface area (Å²) in [5.41, 5.74) is 3.92. The fourth-order valence-corrected chi connectivity index (χ4v) is 3.28. The minimum absolute atomic E-state index is 0.136. The summed E-state index contributed by atoms with van der Waals surface area (Å²) in [6.45, 7) is 8.44. The zero-order valence-corrected chi connectivity index (χ0v) is 13.7. The van der Waals surface area contributed by atoms with Crippen molar-refractivity contribution in [1.29, 1.82) is 0 Å². The standard InChI is InChI=1S/C18H23N3O/c1-11(2)16-14-9-8-13(15-7-5-6-10-19-15)18(22)17(14)21(20-16)12(3)4/h5-7,10-13H,8-9H2,1-4H3. The van der Waals surface area contributed by atoms with Gasteiger partial charge in [-0.2, -0.15) is 5.10 Å². The van der Waals surface area contributed by atoms with Crippen LogP contribution in [0.1, 0.15) is 79.4 Å². The van der Waals surface area contributed by atoms with Gasteiger partial charge in [0.2, 0.25) is 0 Å². The number of carbonyl (C=O) groups is 1. The van der Waals surface area contributed by atoms with Crippen molar-refractivity contribution in [1.82, 2.24) is 14.8 Å². The van der Waals surface area contributed by atoms with Gasteiger partial charge in [-0.1, -0.05) is 19.9 Å². The minimum Gasteiger partial charge on any atom is -0.292 e. The van der Waals surface area contributed by atoms with Gasteiger partial charge in [0, 0.05) is 17.8 Å².